The molecule has 9 nitrogen and oxygen atoms in total. The van der Waals surface area contributed by atoms with Gasteiger partial charge in [0.2, 0.25) is 5.91 Å². The van der Waals surface area contributed by atoms with E-state index in [2.05, 4.69) is 37.1 Å². The predicted molar refractivity (Wildman–Crippen MR) is 114 cm³/mol. The molecule has 30 heavy (non-hydrogen) atoms. The van der Waals surface area contributed by atoms with Crippen LogP contribution in [0.3, 0.4) is 0 Å². The van der Waals surface area contributed by atoms with Gasteiger partial charge in [0, 0.05) is 17.8 Å². The van der Waals surface area contributed by atoms with Gasteiger partial charge in [-0.15, -0.1) is 15.3 Å². The summed E-state index contributed by atoms with van der Waals surface area (Å²) < 4.78 is 3.55. The van der Waals surface area contributed by atoms with Crippen molar-refractivity contribution in [3.05, 3.63) is 60.4 Å². The molecule has 0 unspecified atom stereocenters. The van der Waals surface area contributed by atoms with Gasteiger partial charge in [-0.1, -0.05) is 41.6 Å². The average molecular weight is 421 g/mol. The summed E-state index contributed by atoms with van der Waals surface area (Å²) >= 11 is 1.36. The third-order valence-electron chi connectivity index (χ3n) is 4.39. The molecule has 0 aliphatic rings. The van der Waals surface area contributed by atoms with Crippen molar-refractivity contribution in [1.29, 1.82) is 0 Å². The molecular formula is C20H20N8OS. The Morgan fingerprint density at radius 2 is 2.00 bits per heavy atom. The van der Waals surface area contributed by atoms with E-state index >= 15 is 0 Å². The minimum Gasteiger partial charge on any atom is -0.325 e. The number of hydrogen-bond acceptors (Lipinski definition) is 7. The van der Waals surface area contributed by atoms with Crippen LogP contribution in [0.4, 0.5) is 5.69 Å². The second-order valence-corrected chi connectivity index (χ2v) is 7.50. The SMILES string of the molecule is CCn1c(SCC(=O)Nc2cccc(-n3cnnn3)c2)nnc1-c1cccc(C)c1. The van der Waals surface area contributed by atoms with Gasteiger partial charge in [-0.25, -0.2) is 4.68 Å². The van der Waals surface area contributed by atoms with Crippen LogP contribution < -0.4 is 5.32 Å². The highest BCUT2D eigenvalue weighted by molar-refractivity contribution is 7.99. The highest BCUT2D eigenvalue weighted by Crippen LogP contribution is 2.25. The maximum Gasteiger partial charge on any atom is 0.234 e. The van der Waals surface area contributed by atoms with Crippen molar-refractivity contribution in [2.75, 3.05) is 11.1 Å². The summed E-state index contributed by atoms with van der Waals surface area (Å²) in [6.07, 6.45) is 1.50. The van der Waals surface area contributed by atoms with Crippen LogP contribution in [0.2, 0.25) is 0 Å². The van der Waals surface area contributed by atoms with Gasteiger partial charge >= 0.3 is 0 Å². The number of anilines is 1. The molecule has 1 N–H and O–H groups in total. The van der Waals surface area contributed by atoms with E-state index in [9.17, 15) is 4.79 Å². The van der Waals surface area contributed by atoms with Crippen molar-refractivity contribution in [2.45, 2.75) is 25.5 Å². The molecule has 2 aromatic carbocycles. The van der Waals surface area contributed by atoms with Gasteiger partial charge in [-0.2, -0.15) is 0 Å². The number of rotatable bonds is 7. The largest absolute Gasteiger partial charge is 0.325 e. The molecule has 0 bridgehead atoms. The van der Waals surface area contributed by atoms with Gasteiger partial charge in [-0.05, 0) is 48.5 Å². The number of nitrogens with one attached hydrogen (secondary N) is 1. The molecule has 0 aliphatic heterocycles. The van der Waals surface area contributed by atoms with Crippen LogP contribution in [-0.2, 0) is 11.3 Å². The van der Waals surface area contributed by atoms with Crippen LogP contribution in [-0.4, -0.2) is 46.6 Å². The van der Waals surface area contributed by atoms with Gasteiger partial charge < -0.3 is 9.88 Å². The molecule has 0 saturated carbocycles. The first-order chi connectivity index (χ1) is 14.6. The third kappa shape index (κ3) is 4.38. The lowest BCUT2D eigenvalue weighted by Gasteiger charge is -2.09. The Morgan fingerprint density at radius 1 is 1.13 bits per heavy atom. The Balaban J connectivity index is 1.43. The van der Waals surface area contributed by atoms with Crippen molar-refractivity contribution in [3.63, 3.8) is 0 Å². The zero-order valence-corrected chi connectivity index (χ0v) is 17.4. The van der Waals surface area contributed by atoms with Gasteiger partial charge in [0.05, 0.1) is 11.4 Å². The molecule has 0 spiro atoms. The predicted octanol–water partition coefficient (Wildman–Crippen LogP) is 2.98. The first-order valence-electron chi connectivity index (χ1n) is 9.40. The van der Waals surface area contributed by atoms with Crippen LogP contribution >= 0.6 is 11.8 Å². The van der Waals surface area contributed by atoms with E-state index in [1.165, 1.54) is 22.8 Å². The summed E-state index contributed by atoms with van der Waals surface area (Å²) in [5.41, 5.74) is 3.61. The number of carbonyl (C=O) groups excluding carboxylic acids is 1. The molecule has 0 atom stereocenters. The highest BCUT2D eigenvalue weighted by Gasteiger charge is 2.15. The topological polar surface area (TPSA) is 103 Å². The molecule has 4 aromatic rings. The maximum atomic E-state index is 12.5. The second-order valence-electron chi connectivity index (χ2n) is 6.56. The lowest BCUT2D eigenvalue weighted by Crippen LogP contribution is -2.15. The molecule has 152 valence electrons. The van der Waals surface area contributed by atoms with E-state index in [4.69, 9.17) is 0 Å². The number of carbonyl (C=O) groups is 1. The van der Waals surface area contributed by atoms with Crippen molar-refractivity contribution in [2.24, 2.45) is 0 Å². The third-order valence-corrected chi connectivity index (χ3v) is 5.35. The number of thioether (sulfide) groups is 1. The molecule has 4 rings (SSSR count). The monoisotopic (exact) mass is 420 g/mol. The fraction of sp³-hybridized carbons (Fsp3) is 0.200. The number of tetrazole rings is 1. The van der Waals surface area contributed by atoms with E-state index in [0.29, 0.717) is 17.4 Å². The Morgan fingerprint density at radius 3 is 2.77 bits per heavy atom. The minimum absolute atomic E-state index is 0.128. The summed E-state index contributed by atoms with van der Waals surface area (Å²) in [6.45, 7) is 4.80. The van der Waals surface area contributed by atoms with Crippen molar-refractivity contribution in [3.8, 4) is 17.1 Å². The number of amides is 1. The Bertz CT molecular complexity index is 1160. The van der Waals surface area contributed by atoms with E-state index in [-0.39, 0.29) is 11.7 Å². The number of nitrogens with zero attached hydrogens (tertiary/aromatic N) is 7. The summed E-state index contributed by atoms with van der Waals surface area (Å²) in [6, 6.07) is 15.5. The van der Waals surface area contributed by atoms with E-state index < -0.39 is 0 Å². The quantitative estimate of drug-likeness (QED) is 0.458. The van der Waals surface area contributed by atoms with Crippen LogP contribution in [0.1, 0.15) is 12.5 Å². The van der Waals surface area contributed by atoms with E-state index in [1.807, 2.05) is 60.9 Å². The normalized spacial score (nSPS) is 10.9. The zero-order chi connectivity index (χ0) is 20.9. The van der Waals surface area contributed by atoms with Gasteiger partial charge in [0.1, 0.15) is 6.33 Å². The first-order valence-corrected chi connectivity index (χ1v) is 10.4. The Labute approximate surface area is 177 Å². The van der Waals surface area contributed by atoms with Gasteiger partial charge in [0.25, 0.3) is 0 Å². The first kappa shape index (κ1) is 19.8. The number of aryl methyl sites for hydroxylation is 1. The molecule has 0 radical (unpaired) electrons. The van der Waals surface area contributed by atoms with Crippen LogP contribution in [0.25, 0.3) is 17.1 Å². The molecule has 2 heterocycles. The zero-order valence-electron chi connectivity index (χ0n) is 16.6. The molecular weight excluding hydrogens is 400 g/mol. The summed E-state index contributed by atoms with van der Waals surface area (Å²) in [5.74, 6) is 0.899. The Hall–Kier alpha value is -3.53. The average Bonchev–Trinajstić information content (AvgIpc) is 3.42. The smallest absolute Gasteiger partial charge is 0.234 e. The summed E-state index contributed by atoms with van der Waals surface area (Å²) in [7, 11) is 0. The van der Waals surface area contributed by atoms with Crippen molar-refractivity contribution < 1.29 is 4.79 Å². The minimum atomic E-state index is -0.128. The molecule has 2 aromatic heterocycles. The molecule has 0 aliphatic carbocycles. The van der Waals surface area contributed by atoms with Crippen LogP contribution in [0.15, 0.2) is 60.0 Å². The lowest BCUT2D eigenvalue weighted by molar-refractivity contribution is -0.113. The molecule has 0 fully saturated rings. The summed E-state index contributed by atoms with van der Waals surface area (Å²) in [5, 5.41) is 23.3. The number of benzene rings is 2. The van der Waals surface area contributed by atoms with E-state index in [0.717, 1.165) is 22.6 Å². The highest BCUT2D eigenvalue weighted by atomic mass is 32.2. The lowest BCUT2D eigenvalue weighted by atomic mass is 10.1. The van der Waals surface area contributed by atoms with Gasteiger partial charge in [0.15, 0.2) is 11.0 Å². The fourth-order valence-corrected chi connectivity index (χ4v) is 3.81. The molecule has 1 amide bonds. The molecule has 10 heteroatoms. The maximum absolute atomic E-state index is 12.5. The van der Waals surface area contributed by atoms with E-state index in [1.54, 1.807) is 0 Å². The number of aromatic nitrogens is 7. The van der Waals surface area contributed by atoms with Gasteiger partial charge in [-0.3, -0.25) is 4.79 Å². The standard InChI is InChI=1S/C20H20N8OS/c1-3-27-19(15-7-4-6-14(2)10-15)23-24-20(27)30-12-18(29)22-16-8-5-9-17(11-16)28-13-21-25-26-28/h4-11,13H,3,12H2,1-2H3,(H,22,29). The van der Waals surface area contributed by atoms with Crippen molar-refractivity contribution in [1.82, 2.24) is 35.0 Å². The van der Waals surface area contributed by atoms with Crippen molar-refractivity contribution >= 4 is 23.4 Å². The number of hydrogen-bond donors (Lipinski definition) is 1. The Kier molecular flexibility index (Phi) is 5.84. The van der Waals surface area contributed by atoms with Crippen LogP contribution in [0, 0.1) is 6.92 Å². The van der Waals surface area contributed by atoms with Crippen LogP contribution in [0.5, 0.6) is 0 Å². The summed E-state index contributed by atoms with van der Waals surface area (Å²) in [4.78, 5) is 12.5. The second kappa shape index (κ2) is 8.87. The fourth-order valence-electron chi connectivity index (χ4n) is 3.01. The molecule has 0 saturated heterocycles.